The number of azide groups is 1. The van der Waals surface area contributed by atoms with Gasteiger partial charge in [-0.3, -0.25) is 9.59 Å². The van der Waals surface area contributed by atoms with Gasteiger partial charge in [0, 0.05) is 23.7 Å². The number of thioether (sulfide) groups is 1. The SMILES string of the molecule is CC(=O)O[C@@H]1[C@H](N=[N+]=[N-])[C@@H](OC(C)=O)[C@@H](Sc2ccccc2)O[C@H]1C. The van der Waals surface area contributed by atoms with E-state index >= 15 is 0 Å². The molecule has 0 spiro atoms. The normalized spacial score (nSPS) is 28.5. The number of hydrogen-bond acceptors (Lipinski definition) is 7. The van der Waals surface area contributed by atoms with Crippen molar-refractivity contribution < 1.29 is 23.8 Å². The molecule has 1 heterocycles. The maximum atomic E-state index is 11.5. The topological polar surface area (TPSA) is 111 Å². The van der Waals surface area contributed by atoms with Crippen LogP contribution in [0.25, 0.3) is 10.4 Å². The molecule has 0 saturated carbocycles. The van der Waals surface area contributed by atoms with Crippen LogP contribution in [0.5, 0.6) is 0 Å². The van der Waals surface area contributed by atoms with Crippen molar-refractivity contribution in [1.29, 1.82) is 0 Å². The molecular weight excluding hydrogens is 346 g/mol. The molecule has 134 valence electrons. The Morgan fingerprint density at radius 2 is 1.76 bits per heavy atom. The highest BCUT2D eigenvalue weighted by atomic mass is 32.2. The lowest BCUT2D eigenvalue weighted by atomic mass is 9.98. The summed E-state index contributed by atoms with van der Waals surface area (Å²) in [4.78, 5) is 26.7. The van der Waals surface area contributed by atoms with Crippen molar-refractivity contribution in [1.82, 2.24) is 0 Å². The lowest BCUT2D eigenvalue weighted by molar-refractivity contribution is -0.190. The van der Waals surface area contributed by atoms with Crippen molar-refractivity contribution in [2.45, 2.75) is 55.5 Å². The molecule has 0 N–H and O–H groups in total. The first kappa shape index (κ1) is 19.1. The van der Waals surface area contributed by atoms with E-state index in [1.54, 1.807) is 6.92 Å². The summed E-state index contributed by atoms with van der Waals surface area (Å²) in [6.07, 6.45) is -2.27. The quantitative estimate of drug-likeness (QED) is 0.343. The van der Waals surface area contributed by atoms with Gasteiger partial charge in [0.05, 0.1) is 6.10 Å². The number of hydrogen-bond donors (Lipinski definition) is 0. The zero-order valence-electron chi connectivity index (χ0n) is 14.1. The molecule has 1 fully saturated rings. The Balaban J connectivity index is 2.33. The summed E-state index contributed by atoms with van der Waals surface area (Å²) in [5, 5.41) is 3.73. The van der Waals surface area contributed by atoms with Gasteiger partial charge in [-0.2, -0.15) is 0 Å². The summed E-state index contributed by atoms with van der Waals surface area (Å²) in [5.41, 5.74) is 8.31. The van der Waals surface area contributed by atoms with Gasteiger partial charge in [0.2, 0.25) is 0 Å². The van der Waals surface area contributed by atoms with Crippen LogP contribution in [0, 0.1) is 0 Å². The van der Waals surface area contributed by atoms with Gasteiger partial charge in [0.15, 0.2) is 0 Å². The van der Waals surface area contributed by atoms with E-state index in [0.717, 1.165) is 4.90 Å². The molecule has 0 aliphatic carbocycles. The first-order chi connectivity index (χ1) is 11.9. The Labute approximate surface area is 149 Å². The number of nitrogens with zero attached hydrogens (tertiary/aromatic N) is 3. The summed E-state index contributed by atoms with van der Waals surface area (Å²) in [7, 11) is 0. The molecule has 0 aromatic heterocycles. The molecule has 1 aromatic carbocycles. The molecule has 0 amide bonds. The zero-order chi connectivity index (χ0) is 18.4. The van der Waals surface area contributed by atoms with Crippen LogP contribution >= 0.6 is 11.8 Å². The Kier molecular flexibility index (Phi) is 6.69. The predicted molar refractivity (Wildman–Crippen MR) is 90.7 cm³/mol. The highest BCUT2D eigenvalue weighted by Gasteiger charge is 2.48. The maximum Gasteiger partial charge on any atom is 0.303 e. The van der Waals surface area contributed by atoms with Crippen LogP contribution in [-0.2, 0) is 23.8 Å². The highest BCUT2D eigenvalue weighted by Crippen LogP contribution is 2.37. The van der Waals surface area contributed by atoms with Crippen molar-refractivity contribution in [2.24, 2.45) is 5.11 Å². The van der Waals surface area contributed by atoms with E-state index in [1.165, 1.54) is 25.6 Å². The fraction of sp³-hybridized carbons (Fsp3) is 0.500. The largest absolute Gasteiger partial charge is 0.459 e. The van der Waals surface area contributed by atoms with Crippen molar-refractivity contribution in [3.8, 4) is 0 Å². The number of carbonyl (C=O) groups excluding carboxylic acids is 2. The standard InChI is InChI=1S/C16H19N3O5S/c1-9-14(23-10(2)20)13(18-19-17)15(24-11(3)21)16(22-9)25-12-7-5-4-6-8-12/h4-9,13-16H,1-3H3/t9-,13-,14-,15+,16+/m0/s1. The summed E-state index contributed by atoms with van der Waals surface area (Å²) in [6.45, 7) is 4.23. The predicted octanol–water partition coefficient (Wildman–Crippen LogP) is 3.07. The molecule has 9 heteroatoms. The second kappa shape index (κ2) is 8.75. The molecule has 25 heavy (non-hydrogen) atoms. The van der Waals surface area contributed by atoms with Crippen molar-refractivity contribution in [3.05, 3.63) is 40.8 Å². The summed E-state index contributed by atoms with van der Waals surface area (Å²) >= 11 is 1.35. The summed E-state index contributed by atoms with van der Waals surface area (Å²) in [5.74, 6) is -1.07. The fourth-order valence-corrected chi connectivity index (χ4v) is 3.75. The maximum absolute atomic E-state index is 11.5. The molecule has 5 atom stereocenters. The summed E-state index contributed by atoms with van der Waals surface area (Å²) in [6, 6.07) is 8.54. The zero-order valence-corrected chi connectivity index (χ0v) is 14.9. The number of carbonyl (C=O) groups is 2. The van der Waals surface area contributed by atoms with Gasteiger partial charge < -0.3 is 14.2 Å². The third-order valence-corrected chi connectivity index (χ3v) is 4.69. The van der Waals surface area contributed by atoms with E-state index in [-0.39, 0.29) is 0 Å². The fourth-order valence-electron chi connectivity index (χ4n) is 2.59. The molecule has 0 bridgehead atoms. The van der Waals surface area contributed by atoms with E-state index < -0.39 is 41.7 Å². The first-order valence-corrected chi connectivity index (χ1v) is 8.56. The molecule has 1 aromatic rings. The lowest BCUT2D eigenvalue weighted by Gasteiger charge is -2.42. The van der Waals surface area contributed by atoms with Crippen molar-refractivity contribution in [3.63, 3.8) is 0 Å². The van der Waals surface area contributed by atoms with E-state index in [2.05, 4.69) is 10.0 Å². The second-order valence-electron chi connectivity index (χ2n) is 5.48. The molecule has 1 saturated heterocycles. The van der Waals surface area contributed by atoms with Crippen LogP contribution in [0.3, 0.4) is 0 Å². The molecule has 1 aliphatic heterocycles. The van der Waals surface area contributed by atoms with Crippen molar-refractivity contribution >= 4 is 23.7 Å². The third-order valence-electron chi connectivity index (χ3n) is 3.54. The Hall–Kier alpha value is -2.22. The van der Waals surface area contributed by atoms with Gasteiger partial charge in [-0.1, -0.05) is 35.1 Å². The molecule has 8 nitrogen and oxygen atoms in total. The number of esters is 2. The van der Waals surface area contributed by atoms with E-state index in [1.807, 2.05) is 30.3 Å². The van der Waals surface area contributed by atoms with Crippen LogP contribution in [0.1, 0.15) is 20.8 Å². The van der Waals surface area contributed by atoms with Gasteiger partial charge in [-0.05, 0) is 24.6 Å². The summed E-state index contributed by atoms with van der Waals surface area (Å²) < 4.78 is 16.5. The van der Waals surface area contributed by atoms with Gasteiger partial charge in [-0.15, -0.1) is 0 Å². The monoisotopic (exact) mass is 365 g/mol. The number of ether oxygens (including phenoxy) is 3. The average Bonchev–Trinajstić information content (AvgIpc) is 2.55. The number of rotatable bonds is 5. The van der Waals surface area contributed by atoms with Crippen LogP contribution in [-0.4, -0.2) is 41.7 Å². The smallest absolute Gasteiger partial charge is 0.303 e. The molecule has 2 rings (SSSR count). The average molecular weight is 365 g/mol. The van der Waals surface area contributed by atoms with Gasteiger partial charge >= 0.3 is 11.9 Å². The van der Waals surface area contributed by atoms with Crippen LogP contribution in [0.2, 0.25) is 0 Å². The van der Waals surface area contributed by atoms with Crippen LogP contribution in [0.4, 0.5) is 0 Å². The van der Waals surface area contributed by atoms with E-state index in [4.69, 9.17) is 19.7 Å². The minimum Gasteiger partial charge on any atom is -0.459 e. The van der Waals surface area contributed by atoms with E-state index in [0.29, 0.717) is 0 Å². The molecule has 0 unspecified atom stereocenters. The molecule has 0 radical (unpaired) electrons. The Morgan fingerprint density at radius 3 is 2.32 bits per heavy atom. The Morgan fingerprint density at radius 1 is 1.16 bits per heavy atom. The van der Waals surface area contributed by atoms with Crippen LogP contribution < -0.4 is 0 Å². The van der Waals surface area contributed by atoms with E-state index in [9.17, 15) is 9.59 Å². The van der Waals surface area contributed by atoms with Gasteiger partial charge in [0.1, 0.15) is 23.7 Å². The third kappa shape index (κ3) is 5.12. The first-order valence-electron chi connectivity index (χ1n) is 7.68. The Bertz CT molecular complexity index is 665. The van der Waals surface area contributed by atoms with Crippen LogP contribution in [0.15, 0.2) is 40.3 Å². The number of benzene rings is 1. The molecular formula is C16H19N3O5S. The molecule has 1 aliphatic rings. The minimum absolute atomic E-state index is 0.533. The highest BCUT2D eigenvalue weighted by molar-refractivity contribution is 7.99. The second-order valence-corrected chi connectivity index (χ2v) is 6.66. The minimum atomic E-state index is -0.890. The lowest BCUT2D eigenvalue weighted by Crippen LogP contribution is -2.57. The van der Waals surface area contributed by atoms with Gasteiger partial charge in [0.25, 0.3) is 0 Å². The van der Waals surface area contributed by atoms with Crippen molar-refractivity contribution in [2.75, 3.05) is 0 Å². The van der Waals surface area contributed by atoms with Gasteiger partial charge in [-0.25, -0.2) is 0 Å².